The number of fused-ring (bicyclic) bond motifs is 1. The topological polar surface area (TPSA) is 101 Å². The molecule has 10 heteroatoms. The third-order valence-corrected chi connectivity index (χ3v) is 8.62. The highest BCUT2D eigenvalue weighted by molar-refractivity contribution is 8.04. The van der Waals surface area contributed by atoms with Crippen LogP contribution in [0.25, 0.3) is 6.08 Å². The zero-order valence-electron chi connectivity index (χ0n) is 17.6. The normalized spacial score (nSPS) is 14.6. The number of sulfone groups is 1. The first-order chi connectivity index (χ1) is 16.0. The molecule has 1 heterocycles. The smallest absolute Gasteiger partial charge is 0.335 e. The summed E-state index contributed by atoms with van der Waals surface area (Å²) in [5.74, 6) is -1.78. The Balaban J connectivity index is 1.61. The van der Waals surface area contributed by atoms with E-state index in [1.54, 1.807) is 49.4 Å². The summed E-state index contributed by atoms with van der Waals surface area (Å²) in [4.78, 5) is 25.0. The van der Waals surface area contributed by atoms with E-state index in [1.807, 2.05) is 0 Å². The number of hydrogen-bond acceptors (Lipinski definition) is 5. The first-order valence-corrected chi connectivity index (χ1v) is 13.1. The van der Waals surface area contributed by atoms with Crippen molar-refractivity contribution in [3.63, 3.8) is 0 Å². The molecule has 2 N–H and O–H groups in total. The maximum absolute atomic E-state index is 13.0. The third kappa shape index (κ3) is 5.00. The lowest BCUT2D eigenvalue weighted by atomic mass is 10.0. The summed E-state index contributed by atoms with van der Waals surface area (Å²) < 4.78 is 26.0. The maximum Gasteiger partial charge on any atom is 0.335 e. The number of carbonyl (C=O) groups excluding carboxylic acids is 1. The van der Waals surface area contributed by atoms with Gasteiger partial charge in [-0.2, -0.15) is 0 Å². The molecule has 0 saturated heterocycles. The standard InChI is InChI=1S/C24H17Cl2NO5S2/c1-13-9-14(5-7-16(13)24(29)30)10-22-23(28)27-20-11-15(6-8-21(20)33-22)34(31,32)12-17-18(25)3-2-4-19(17)26/h2-11H,12H2,1H3,(H,27,28)(H,29,30). The Kier molecular flexibility index (Phi) is 6.78. The van der Waals surface area contributed by atoms with Crippen LogP contribution in [0.2, 0.25) is 10.0 Å². The van der Waals surface area contributed by atoms with E-state index in [4.69, 9.17) is 23.2 Å². The van der Waals surface area contributed by atoms with Gasteiger partial charge in [-0.25, -0.2) is 13.2 Å². The zero-order chi connectivity index (χ0) is 24.6. The summed E-state index contributed by atoms with van der Waals surface area (Å²) in [6, 6.07) is 14.1. The molecule has 0 atom stereocenters. The molecule has 0 spiro atoms. The van der Waals surface area contributed by atoms with Gasteiger partial charge in [0.15, 0.2) is 9.84 Å². The van der Waals surface area contributed by atoms with Crippen LogP contribution in [0.5, 0.6) is 0 Å². The molecule has 0 fully saturated rings. The van der Waals surface area contributed by atoms with E-state index in [9.17, 15) is 23.1 Å². The quantitative estimate of drug-likeness (QED) is 0.386. The van der Waals surface area contributed by atoms with E-state index in [0.717, 1.165) is 0 Å². The number of amides is 1. The van der Waals surface area contributed by atoms with Crippen LogP contribution < -0.4 is 5.32 Å². The van der Waals surface area contributed by atoms with Gasteiger partial charge < -0.3 is 10.4 Å². The molecule has 3 aromatic carbocycles. The van der Waals surface area contributed by atoms with Crippen molar-refractivity contribution in [2.45, 2.75) is 22.5 Å². The van der Waals surface area contributed by atoms with Crippen LogP contribution in [0.3, 0.4) is 0 Å². The molecule has 1 aliphatic heterocycles. The van der Waals surface area contributed by atoms with Crippen molar-refractivity contribution in [1.29, 1.82) is 0 Å². The first-order valence-electron chi connectivity index (χ1n) is 9.90. The number of hydrogen-bond donors (Lipinski definition) is 2. The van der Waals surface area contributed by atoms with E-state index < -0.39 is 15.8 Å². The van der Waals surface area contributed by atoms with Crippen molar-refractivity contribution in [1.82, 2.24) is 0 Å². The number of carboxylic acids is 1. The van der Waals surface area contributed by atoms with Gasteiger partial charge in [0.1, 0.15) is 0 Å². The van der Waals surface area contributed by atoms with Crippen molar-refractivity contribution in [3.8, 4) is 0 Å². The van der Waals surface area contributed by atoms with Crippen molar-refractivity contribution in [2.75, 3.05) is 5.32 Å². The molecular formula is C24H17Cl2NO5S2. The van der Waals surface area contributed by atoms with Gasteiger partial charge in [0.05, 0.1) is 26.8 Å². The molecule has 0 unspecified atom stereocenters. The van der Waals surface area contributed by atoms with Gasteiger partial charge in [0, 0.05) is 20.5 Å². The van der Waals surface area contributed by atoms with E-state index in [2.05, 4.69) is 5.32 Å². The molecule has 6 nitrogen and oxygen atoms in total. The number of aryl methyl sites for hydroxylation is 1. The van der Waals surface area contributed by atoms with Gasteiger partial charge in [-0.3, -0.25) is 4.79 Å². The van der Waals surface area contributed by atoms with Gasteiger partial charge >= 0.3 is 5.97 Å². The summed E-state index contributed by atoms with van der Waals surface area (Å²) in [6.45, 7) is 1.69. The van der Waals surface area contributed by atoms with E-state index in [-0.39, 0.29) is 32.2 Å². The Morgan fingerprint density at radius 2 is 1.79 bits per heavy atom. The highest BCUT2D eigenvalue weighted by atomic mass is 35.5. The molecular weight excluding hydrogens is 517 g/mol. The summed E-state index contributed by atoms with van der Waals surface area (Å²) in [7, 11) is -3.78. The van der Waals surface area contributed by atoms with Crippen LogP contribution in [-0.2, 0) is 20.4 Å². The number of carboxylic acid groups (broad SMARTS) is 1. The van der Waals surface area contributed by atoms with Gasteiger partial charge in [0.2, 0.25) is 0 Å². The highest BCUT2D eigenvalue weighted by Gasteiger charge is 2.25. The maximum atomic E-state index is 13.0. The van der Waals surface area contributed by atoms with Crippen LogP contribution in [0, 0.1) is 6.92 Å². The summed E-state index contributed by atoms with van der Waals surface area (Å²) >= 11 is 13.5. The number of halogens is 2. The summed E-state index contributed by atoms with van der Waals surface area (Å²) in [6.07, 6.45) is 1.66. The number of rotatable bonds is 5. The zero-order valence-corrected chi connectivity index (χ0v) is 20.8. The van der Waals surface area contributed by atoms with Crippen molar-refractivity contribution in [2.24, 2.45) is 0 Å². The molecule has 3 aromatic rings. The predicted molar refractivity (Wildman–Crippen MR) is 134 cm³/mol. The number of thioether (sulfide) groups is 1. The Morgan fingerprint density at radius 1 is 1.09 bits per heavy atom. The molecule has 0 aromatic heterocycles. The second kappa shape index (κ2) is 9.46. The average molecular weight is 534 g/mol. The van der Waals surface area contributed by atoms with E-state index in [1.165, 1.54) is 30.0 Å². The molecule has 0 radical (unpaired) electrons. The van der Waals surface area contributed by atoms with Gasteiger partial charge in [-0.05, 0) is 60.5 Å². The largest absolute Gasteiger partial charge is 0.478 e. The molecule has 1 amide bonds. The Labute approximate surface area is 210 Å². The fourth-order valence-corrected chi connectivity index (χ4v) is 6.50. The highest BCUT2D eigenvalue weighted by Crippen LogP contribution is 2.40. The summed E-state index contributed by atoms with van der Waals surface area (Å²) in [5, 5.41) is 12.4. The number of aromatic carboxylic acids is 1. The van der Waals surface area contributed by atoms with Crippen molar-refractivity contribution in [3.05, 3.63) is 91.8 Å². The molecule has 0 bridgehead atoms. The van der Waals surface area contributed by atoms with Crippen LogP contribution in [0.1, 0.15) is 27.0 Å². The Morgan fingerprint density at radius 3 is 2.44 bits per heavy atom. The predicted octanol–water partition coefficient (Wildman–Crippen LogP) is 6.06. The average Bonchev–Trinajstić information content (AvgIpc) is 2.76. The second-order valence-corrected chi connectivity index (χ2v) is 11.4. The molecule has 0 aliphatic carbocycles. The van der Waals surface area contributed by atoms with Crippen LogP contribution >= 0.6 is 35.0 Å². The van der Waals surface area contributed by atoms with Gasteiger partial charge in [-0.15, -0.1) is 0 Å². The fourth-order valence-electron chi connectivity index (χ4n) is 3.44. The van der Waals surface area contributed by atoms with Gasteiger partial charge in [0.25, 0.3) is 5.91 Å². The number of carbonyl (C=O) groups is 2. The Bertz CT molecular complexity index is 1460. The van der Waals surface area contributed by atoms with Gasteiger partial charge in [-0.1, -0.05) is 53.2 Å². The molecule has 1 aliphatic rings. The Hall–Kier alpha value is -2.78. The number of anilines is 1. The minimum atomic E-state index is -3.78. The van der Waals surface area contributed by atoms with Crippen LogP contribution in [0.4, 0.5) is 5.69 Å². The lowest BCUT2D eigenvalue weighted by Gasteiger charge is -2.20. The minimum Gasteiger partial charge on any atom is -0.478 e. The molecule has 0 saturated carbocycles. The molecule has 34 heavy (non-hydrogen) atoms. The van der Waals surface area contributed by atoms with Crippen LogP contribution in [-0.4, -0.2) is 25.4 Å². The van der Waals surface area contributed by atoms with Crippen molar-refractivity contribution < 1.29 is 23.1 Å². The fraction of sp³-hybridized carbons (Fsp3) is 0.0833. The molecule has 174 valence electrons. The number of nitrogens with one attached hydrogen (secondary N) is 1. The van der Waals surface area contributed by atoms with Crippen molar-refractivity contribution >= 4 is 68.4 Å². The van der Waals surface area contributed by atoms with E-state index >= 15 is 0 Å². The second-order valence-electron chi connectivity index (χ2n) is 7.56. The molecule has 4 rings (SSSR count). The minimum absolute atomic E-state index is 0.0375. The monoisotopic (exact) mass is 533 g/mol. The first kappa shape index (κ1) is 24.3. The van der Waals surface area contributed by atoms with Crippen LogP contribution in [0.15, 0.2) is 69.3 Å². The van der Waals surface area contributed by atoms with E-state index in [0.29, 0.717) is 32.2 Å². The lowest BCUT2D eigenvalue weighted by molar-refractivity contribution is -0.112. The number of benzene rings is 3. The summed E-state index contributed by atoms with van der Waals surface area (Å²) in [5.41, 5.74) is 2.16. The lowest BCUT2D eigenvalue weighted by Crippen LogP contribution is -2.18. The SMILES string of the molecule is Cc1cc(C=C2Sc3ccc(S(=O)(=O)Cc4c(Cl)cccc4Cl)cc3NC2=O)ccc1C(=O)O. The third-order valence-electron chi connectivity index (χ3n) is 5.18.